The van der Waals surface area contributed by atoms with E-state index in [1.807, 2.05) is 6.07 Å². The van der Waals surface area contributed by atoms with E-state index in [0.717, 1.165) is 18.6 Å². The van der Waals surface area contributed by atoms with Crippen LogP contribution in [0.15, 0.2) is 6.07 Å². The molecule has 1 aliphatic heterocycles. The molecule has 0 spiro atoms. The zero-order valence-electron chi connectivity index (χ0n) is 12.5. The smallest absolute Gasteiger partial charge is 0.180 e. The SMILES string of the molecule is CC(C)c1c(C(C)CCN)cc(Cl)c2c1OCCCO2. The maximum Gasteiger partial charge on any atom is 0.180 e. The average molecular weight is 298 g/mol. The molecular weight excluding hydrogens is 274 g/mol. The Morgan fingerprint density at radius 2 is 1.85 bits per heavy atom. The second-order valence-corrected chi connectivity index (χ2v) is 6.11. The van der Waals surface area contributed by atoms with Crippen molar-refractivity contribution in [2.45, 2.75) is 45.4 Å². The van der Waals surface area contributed by atoms with E-state index < -0.39 is 0 Å². The van der Waals surface area contributed by atoms with Crippen LogP contribution < -0.4 is 15.2 Å². The van der Waals surface area contributed by atoms with Crippen LogP contribution in [0.25, 0.3) is 0 Å². The Kier molecular flexibility index (Phi) is 5.17. The molecule has 1 aliphatic rings. The third-order valence-corrected chi connectivity index (χ3v) is 4.03. The van der Waals surface area contributed by atoms with Crippen molar-refractivity contribution >= 4 is 11.6 Å². The van der Waals surface area contributed by atoms with E-state index in [2.05, 4.69) is 20.8 Å². The van der Waals surface area contributed by atoms with E-state index in [1.54, 1.807) is 0 Å². The van der Waals surface area contributed by atoms with Gasteiger partial charge in [0.2, 0.25) is 0 Å². The molecule has 0 saturated heterocycles. The Balaban J connectivity index is 2.57. The monoisotopic (exact) mass is 297 g/mol. The zero-order valence-corrected chi connectivity index (χ0v) is 13.3. The molecule has 1 aromatic carbocycles. The Morgan fingerprint density at radius 1 is 1.20 bits per heavy atom. The predicted molar refractivity (Wildman–Crippen MR) is 83.2 cm³/mol. The van der Waals surface area contributed by atoms with Gasteiger partial charge in [-0.1, -0.05) is 32.4 Å². The summed E-state index contributed by atoms with van der Waals surface area (Å²) in [6.45, 7) is 8.55. The molecule has 1 atom stereocenters. The second-order valence-electron chi connectivity index (χ2n) is 5.70. The van der Waals surface area contributed by atoms with Crippen LogP contribution in [0.4, 0.5) is 0 Å². The molecule has 3 nitrogen and oxygen atoms in total. The first-order valence-corrected chi connectivity index (χ1v) is 7.76. The fourth-order valence-corrected chi connectivity index (χ4v) is 2.99. The summed E-state index contributed by atoms with van der Waals surface area (Å²) >= 11 is 6.40. The van der Waals surface area contributed by atoms with Crippen LogP contribution >= 0.6 is 11.6 Å². The summed E-state index contributed by atoms with van der Waals surface area (Å²) in [5, 5.41) is 0.644. The molecule has 0 bridgehead atoms. The fourth-order valence-electron chi connectivity index (χ4n) is 2.74. The minimum Gasteiger partial charge on any atom is -0.489 e. The summed E-state index contributed by atoms with van der Waals surface area (Å²) < 4.78 is 11.7. The molecule has 4 heteroatoms. The fraction of sp³-hybridized carbons (Fsp3) is 0.625. The van der Waals surface area contributed by atoms with Crippen molar-refractivity contribution in [3.63, 3.8) is 0 Å². The molecule has 2 N–H and O–H groups in total. The van der Waals surface area contributed by atoms with Gasteiger partial charge in [-0.25, -0.2) is 0 Å². The summed E-state index contributed by atoms with van der Waals surface area (Å²) in [6, 6.07) is 2.03. The molecule has 1 unspecified atom stereocenters. The van der Waals surface area contributed by atoms with E-state index >= 15 is 0 Å². The predicted octanol–water partition coefficient (Wildman–Crippen LogP) is 4.08. The second kappa shape index (κ2) is 6.68. The molecule has 112 valence electrons. The molecule has 0 fully saturated rings. The molecule has 1 aromatic rings. The first-order chi connectivity index (χ1) is 9.56. The summed E-state index contributed by atoms with van der Waals surface area (Å²) in [5.74, 6) is 2.27. The maximum absolute atomic E-state index is 6.40. The number of fused-ring (bicyclic) bond motifs is 1. The summed E-state index contributed by atoms with van der Waals surface area (Å²) in [6.07, 6.45) is 1.83. The molecule has 2 rings (SSSR count). The van der Waals surface area contributed by atoms with Crippen LogP contribution in [0.3, 0.4) is 0 Å². The number of ether oxygens (including phenoxy) is 2. The molecule has 20 heavy (non-hydrogen) atoms. The largest absolute Gasteiger partial charge is 0.489 e. The highest BCUT2D eigenvalue weighted by Crippen LogP contribution is 2.46. The lowest BCUT2D eigenvalue weighted by Gasteiger charge is -2.23. The third kappa shape index (κ3) is 3.04. The number of benzene rings is 1. The molecular formula is C16H24ClNO2. The normalized spacial score (nSPS) is 16.1. The first kappa shape index (κ1) is 15.5. The molecule has 0 amide bonds. The standard InChI is InChI=1S/C16H24ClNO2/c1-10(2)14-12(11(3)5-6-18)9-13(17)15-16(14)20-8-4-7-19-15/h9-11H,4-8,18H2,1-3H3. The average Bonchev–Trinajstić information content (AvgIpc) is 2.64. The third-order valence-electron chi connectivity index (χ3n) is 3.75. The Labute approximate surface area is 126 Å². The molecule has 0 aliphatic carbocycles. The number of nitrogens with two attached hydrogens (primary N) is 1. The van der Waals surface area contributed by atoms with Crippen molar-refractivity contribution in [2.24, 2.45) is 5.73 Å². The number of hydrogen-bond acceptors (Lipinski definition) is 3. The van der Waals surface area contributed by atoms with Gasteiger partial charge >= 0.3 is 0 Å². The maximum atomic E-state index is 6.40. The van der Waals surface area contributed by atoms with Crippen LogP contribution in [0.2, 0.25) is 5.02 Å². The van der Waals surface area contributed by atoms with Gasteiger partial charge in [-0.05, 0) is 36.4 Å². The molecule has 0 aromatic heterocycles. The number of halogens is 1. The number of rotatable bonds is 4. The number of hydrogen-bond donors (Lipinski definition) is 1. The van der Waals surface area contributed by atoms with Crippen molar-refractivity contribution in [1.29, 1.82) is 0 Å². The van der Waals surface area contributed by atoms with Crippen LogP contribution in [-0.4, -0.2) is 19.8 Å². The summed E-state index contributed by atoms with van der Waals surface area (Å²) in [7, 11) is 0. The van der Waals surface area contributed by atoms with Crippen LogP contribution in [-0.2, 0) is 0 Å². The van der Waals surface area contributed by atoms with Gasteiger partial charge in [-0.3, -0.25) is 0 Å². The first-order valence-electron chi connectivity index (χ1n) is 7.38. The van der Waals surface area contributed by atoms with Crippen molar-refractivity contribution in [2.75, 3.05) is 19.8 Å². The van der Waals surface area contributed by atoms with Crippen molar-refractivity contribution < 1.29 is 9.47 Å². The summed E-state index contributed by atoms with van der Waals surface area (Å²) in [5.41, 5.74) is 8.16. The van der Waals surface area contributed by atoms with Crippen LogP contribution in [0.1, 0.15) is 56.6 Å². The van der Waals surface area contributed by atoms with Gasteiger partial charge in [0, 0.05) is 12.0 Å². The molecule has 0 radical (unpaired) electrons. The van der Waals surface area contributed by atoms with Crippen molar-refractivity contribution in [3.05, 3.63) is 22.2 Å². The van der Waals surface area contributed by atoms with Crippen LogP contribution in [0, 0.1) is 0 Å². The minimum absolute atomic E-state index is 0.359. The van der Waals surface area contributed by atoms with Gasteiger partial charge in [0.25, 0.3) is 0 Å². The van der Waals surface area contributed by atoms with Crippen molar-refractivity contribution in [3.8, 4) is 11.5 Å². The molecule has 1 heterocycles. The lowest BCUT2D eigenvalue weighted by molar-refractivity contribution is 0.295. The lowest BCUT2D eigenvalue weighted by Crippen LogP contribution is -2.10. The lowest BCUT2D eigenvalue weighted by atomic mass is 9.87. The van der Waals surface area contributed by atoms with E-state index in [-0.39, 0.29) is 0 Å². The van der Waals surface area contributed by atoms with Gasteiger partial charge in [0.15, 0.2) is 11.5 Å². The topological polar surface area (TPSA) is 44.5 Å². The van der Waals surface area contributed by atoms with Gasteiger partial charge in [-0.15, -0.1) is 0 Å². The van der Waals surface area contributed by atoms with Gasteiger partial charge in [0.1, 0.15) is 0 Å². The highest BCUT2D eigenvalue weighted by Gasteiger charge is 2.25. The van der Waals surface area contributed by atoms with E-state index in [1.165, 1.54) is 11.1 Å². The van der Waals surface area contributed by atoms with Gasteiger partial charge in [0.05, 0.1) is 18.2 Å². The van der Waals surface area contributed by atoms with E-state index in [4.69, 9.17) is 26.8 Å². The van der Waals surface area contributed by atoms with Crippen molar-refractivity contribution in [1.82, 2.24) is 0 Å². The van der Waals surface area contributed by atoms with Crippen LogP contribution in [0.5, 0.6) is 11.5 Å². The van der Waals surface area contributed by atoms with E-state index in [9.17, 15) is 0 Å². The quantitative estimate of drug-likeness (QED) is 0.911. The highest BCUT2D eigenvalue weighted by molar-refractivity contribution is 6.32. The Hall–Kier alpha value is -0.930. The van der Waals surface area contributed by atoms with E-state index in [0.29, 0.717) is 42.4 Å². The zero-order chi connectivity index (χ0) is 14.7. The molecule has 0 saturated carbocycles. The summed E-state index contributed by atoms with van der Waals surface area (Å²) in [4.78, 5) is 0. The van der Waals surface area contributed by atoms with Gasteiger partial charge in [-0.2, -0.15) is 0 Å². The highest BCUT2D eigenvalue weighted by atomic mass is 35.5. The van der Waals surface area contributed by atoms with Gasteiger partial charge < -0.3 is 15.2 Å². The Bertz CT molecular complexity index is 474. The Morgan fingerprint density at radius 3 is 2.45 bits per heavy atom. The minimum atomic E-state index is 0.359.